The first kappa shape index (κ1) is 18.9. The molecule has 0 saturated heterocycles. The second kappa shape index (κ2) is 7.21. The molecule has 1 heterocycles. The summed E-state index contributed by atoms with van der Waals surface area (Å²) in [6.07, 6.45) is 4.71. The first-order chi connectivity index (χ1) is 11.6. The van der Waals surface area contributed by atoms with E-state index in [1.54, 1.807) is 12.3 Å². The number of nitrogens with one attached hydrogen (secondary N) is 1. The van der Waals surface area contributed by atoms with Crippen LogP contribution in [0.3, 0.4) is 0 Å². The molecule has 0 fully saturated rings. The maximum atomic E-state index is 5.34. The van der Waals surface area contributed by atoms with Crippen LogP contribution in [0, 0.1) is 10.8 Å². The fraction of sp³-hybridized carbons (Fsp3) is 0.450. The molecule has 134 valence electrons. The largest absolute Gasteiger partial charge is 0.405 e. The molecular weight excluding hydrogens is 310 g/mol. The van der Waals surface area contributed by atoms with Crippen molar-refractivity contribution in [2.45, 2.75) is 47.7 Å². The van der Waals surface area contributed by atoms with Gasteiger partial charge in [-0.15, -0.1) is 0 Å². The smallest absolute Gasteiger partial charge is 0.148 e. The Bertz CT molecular complexity index is 727. The van der Waals surface area contributed by atoms with Crippen molar-refractivity contribution in [3.8, 4) is 0 Å². The molecule has 1 unspecified atom stereocenters. The molecule has 0 radical (unpaired) electrons. The number of amidine groups is 2. The molecule has 5 heteroatoms. The van der Waals surface area contributed by atoms with Crippen molar-refractivity contribution in [3.05, 3.63) is 42.1 Å². The average molecular weight is 339 g/mol. The third-order valence-electron chi connectivity index (χ3n) is 3.76. The number of nitrogens with zero attached hydrogens (tertiary/aromatic N) is 3. The Morgan fingerprint density at radius 1 is 1.12 bits per heavy atom. The van der Waals surface area contributed by atoms with Crippen molar-refractivity contribution in [2.24, 2.45) is 31.5 Å². The lowest BCUT2D eigenvalue weighted by Crippen LogP contribution is -2.45. The van der Waals surface area contributed by atoms with E-state index in [-0.39, 0.29) is 17.0 Å². The van der Waals surface area contributed by atoms with E-state index in [1.807, 2.05) is 24.3 Å². The predicted octanol–water partition coefficient (Wildman–Crippen LogP) is 4.03. The molecule has 1 aromatic rings. The van der Waals surface area contributed by atoms with Crippen LogP contribution in [0.4, 0.5) is 5.69 Å². The molecule has 5 nitrogen and oxygen atoms in total. The van der Waals surface area contributed by atoms with Crippen LogP contribution in [-0.2, 0) is 0 Å². The summed E-state index contributed by atoms with van der Waals surface area (Å²) in [6, 6.07) is 7.98. The number of benzene rings is 1. The molecule has 1 aliphatic rings. The molecule has 1 aromatic carbocycles. The van der Waals surface area contributed by atoms with Crippen LogP contribution in [-0.4, -0.2) is 24.1 Å². The number of aliphatic imine (C=N–C) groups is 3. The Balaban J connectivity index is 2.40. The predicted molar refractivity (Wildman–Crippen MR) is 108 cm³/mol. The van der Waals surface area contributed by atoms with E-state index in [1.165, 1.54) is 6.20 Å². The Morgan fingerprint density at radius 3 is 2.44 bits per heavy atom. The Morgan fingerprint density at radius 2 is 1.84 bits per heavy atom. The van der Waals surface area contributed by atoms with E-state index < -0.39 is 0 Å². The molecule has 0 aromatic heterocycles. The number of nitrogens with two attached hydrogens (primary N) is 1. The lowest BCUT2D eigenvalue weighted by Gasteiger charge is -2.33. The third-order valence-corrected chi connectivity index (χ3v) is 3.76. The van der Waals surface area contributed by atoms with Gasteiger partial charge in [0.25, 0.3) is 0 Å². The highest BCUT2D eigenvalue weighted by Crippen LogP contribution is 2.29. The summed E-state index contributed by atoms with van der Waals surface area (Å²) in [7, 11) is 0. The van der Waals surface area contributed by atoms with Gasteiger partial charge >= 0.3 is 0 Å². The van der Waals surface area contributed by atoms with Crippen LogP contribution >= 0.6 is 0 Å². The molecule has 3 N–H and O–H groups in total. The van der Waals surface area contributed by atoms with Crippen LogP contribution in [0.25, 0.3) is 0 Å². The first-order valence-corrected chi connectivity index (χ1v) is 8.56. The van der Waals surface area contributed by atoms with Gasteiger partial charge in [0.15, 0.2) is 0 Å². The average Bonchev–Trinajstić information content (AvgIpc) is 2.53. The maximum absolute atomic E-state index is 5.34. The van der Waals surface area contributed by atoms with Crippen molar-refractivity contribution in [1.29, 1.82) is 0 Å². The molecule has 1 aliphatic heterocycles. The van der Waals surface area contributed by atoms with Crippen molar-refractivity contribution < 1.29 is 0 Å². The topological polar surface area (TPSA) is 75.1 Å². The number of allylic oxidation sites excluding steroid dienone is 1. The molecule has 1 atom stereocenters. The normalized spacial score (nSPS) is 19.0. The van der Waals surface area contributed by atoms with Crippen molar-refractivity contribution in [1.82, 2.24) is 5.32 Å². The van der Waals surface area contributed by atoms with Gasteiger partial charge in [0.1, 0.15) is 17.8 Å². The van der Waals surface area contributed by atoms with Crippen LogP contribution in [0.5, 0.6) is 0 Å². The van der Waals surface area contributed by atoms with Crippen LogP contribution in [0.15, 0.2) is 51.5 Å². The van der Waals surface area contributed by atoms with E-state index >= 15 is 0 Å². The summed E-state index contributed by atoms with van der Waals surface area (Å²) in [4.78, 5) is 14.1. The first-order valence-electron chi connectivity index (χ1n) is 8.56. The van der Waals surface area contributed by atoms with Gasteiger partial charge in [0.2, 0.25) is 0 Å². The highest BCUT2D eigenvalue weighted by atomic mass is 15.2. The van der Waals surface area contributed by atoms with E-state index in [4.69, 9.17) is 15.7 Å². The quantitative estimate of drug-likeness (QED) is 0.816. The minimum Gasteiger partial charge on any atom is -0.405 e. The summed E-state index contributed by atoms with van der Waals surface area (Å²) in [5, 5.41) is 3.42. The van der Waals surface area contributed by atoms with Gasteiger partial charge in [-0.25, -0.2) is 9.98 Å². The molecule has 0 bridgehead atoms. The van der Waals surface area contributed by atoms with E-state index in [9.17, 15) is 0 Å². The third kappa shape index (κ3) is 5.02. The monoisotopic (exact) mass is 339 g/mol. The van der Waals surface area contributed by atoms with Gasteiger partial charge in [-0.05, 0) is 24.4 Å². The highest BCUT2D eigenvalue weighted by molar-refractivity contribution is 6.12. The van der Waals surface area contributed by atoms with Crippen molar-refractivity contribution in [2.75, 3.05) is 0 Å². The fourth-order valence-corrected chi connectivity index (χ4v) is 2.28. The SMILES string of the molecule is CC(C)(C)C1=NC(C(C)(C)C)N=C(c2cccc(N=CC=CN)c2)N1. The number of hydrogen-bond acceptors (Lipinski definition) is 5. The second-order valence-electron chi connectivity index (χ2n) is 8.28. The van der Waals surface area contributed by atoms with Gasteiger partial charge in [-0.3, -0.25) is 4.99 Å². The van der Waals surface area contributed by atoms with Crippen LogP contribution in [0.2, 0.25) is 0 Å². The minimum atomic E-state index is -0.120. The summed E-state index contributed by atoms with van der Waals surface area (Å²) < 4.78 is 0. The Kier molecular flexibility index (Phi) is 5.45. The molecule has 0 saturated carbocycles. The summed E-state index contributed by atoms with van der Waals surface area (Å²) >= 11 is 0. The Labute approximate surface area is 150 Å². The van der Waals surface area contributed by atoms with Crippen LogP contribution < -0.4 is 11.1 Å². The Hall–Kier alpha value is -2.43. The summed E-state index contributed by atoms with van der Waals surface area (Å²) in [5.41, 5.74) is 7.06. The van der Waals surface area contributed by atoms with Crippen LogP contribution in [0.1, 0.15) is 47.1 Å². The second-order valence-corrected chi connectivity index (χ2v) is 8.28. The van der Waals surface area contributed by atoms with Gasteiger partial charge < -0.3 is 11.1 Å². The maximum Gasteiger partial charge on any atom is 0.148 e. The molecular formula is C20H29N5. The van der Waals surface area contributed by atoms with Gasteiger partial charge in [0.05, 0.1) is 5.69 Å². The highest BCUT2D eigenvalue weighted by Gasteiger charge is 2.32. The molecule has 25 heavy (non-hydrogen) atoms. The number of rotatable bonds is 3. The van der Waals surface area contributed by atoms with Gasteiger partial charge in [-0.1, -0.05) is 53.7 Å². The summed E-state index contributed by atoms with van der Waals surface area (Å²) in [6.45, 7) is 12.9. The van der Waals surface area contributed by atoms with Crippen molar-refractivity contribution in [3.63, 3.8) is 0 Å². The van der Waals surface area contributed by atoms with Gasteiger partial charge in [-0.2, -0.15) is 0 Å². The zero-order chi connectivity index (χ0) is 18.7. The summed E-state index contributed by atoms with van der Waals surface area (Å²) in [5.74, 6) is 1.80. The molecule has 0 spiro atoms. The van der Waals surface area contributed by atoms with E-state index in [0.29, 0.717) is 0 Å². The lowest BCUT2D eigenvalue weighted by atomic mass is 9.90. The van der Waals surface area contributed by atoms with Crippen molar-refractivity contribution >= 4 is 23.6 Å². The van der Waals surface area contributed by atoms with E-state index in [2.05, 4.69) is 51.9 Å². The van der Waals surface area contributed by atoms with E-state index in [0.717, 1.165) is 22.9 Å². The molecule has 0 aliphatic carbocycles. The molecule has 0 amide bonds. The minimum absolute atomic E-state index is 0.0501. The fourth-order valence-electron chi connectivity index (χ4n) is 2.28. The standard InChI is InChI=1S/C20H29N5/c1-19(2,3)17-23-16(24-18(25-17)20(4,5)6)14-9-7-10-15(13-14)22-12-8-11-21/h7-13,17H,21H2,1-6H3,(H,23,24,25). The van der Waals surface area contributed by atoms with Gasteiger partial charge in [0, 0.05) is 22.6 Å². The number of hydrogen-bond donors (Lipinski definition) is 2. The molecule has 2 rings (SSSR count). The zero-order valence-electron chi connectivity index (χ0n) is 16.0. The zero-order valence-corrected chi connectivity index (χ0v) is 16.0. The lowest BCUT2D eigenvalue weighted by molar-refractivity contribution is 0.325.